The van der Waals surface area contributed by atoms with Crippen LogP contribution in [0.2, 0.25) is 0 Å². The molecule has 29 heavy (non-hydrogen) atoms. The first-order valence-corrected chi connectivity index (χ1v) is 11.0. The fraction of sp³-hybridized carbons (Fsp3) is 0.286. The molecule has 1 saturated heterocycles. The smallest absolute Gasteiger partial charge is 0.258 e. The SMILES string of the molecule is O=c1c(-c2cncnc2)ccc2n1C[C@@H]1C[C@@H]2CN(S(=O)(=O)c2ccccc2)C1. The fourth-order valence-corrected chi connectivity index (χ4v) is 6.08. The number of nitrogens with zero attached hydrogens (tertiary/aromatic N) is 4. The molecule has 1 aromatic carbocycles. The second-order valence-electron chi connectivity index (χ2n) is 7.65. The minimum Gasteiger partial charge on any atom is -0.311 e. The van der Waals surface area contributed by atoms with Crippen LogP contribution in [0.25, 0.3) is 11.1 Å². The molecule has 0 unspecified atom stereocenters. The maximum Gasteiger partial charge on any atom is 0.258 e. The van der Waals surface area contributed by atoms with Crippen LogP contribution in [0.3, 0.4) is 0 Å². The van der Waals surface area contributed by atoms with Crippen molar-refractivity contribution in [3.05, 3.63) is 77.2 Å². The fourth-order valence-electron chi connectivity index (χ4n) is 4.50. The molecular weight excluding hydrogens is 388 g/mol. The number of piperidine rings is 1. The van der Waals surface area contributed by atoms with Gasteiger partial charge in [0, 0.05) is 49.2 Å². The predicted molar refractivity (Wildman–Crippen MR) is 108 cm³/mol. The number of benzene rings is 1. The Morgan fingerprint density at radius 1 is 0.931 bits per heavy atom. The van der Waals surface area contributed by atoms with E-state index < -0.39 is 10.0 Å². The molecule has 148 valence electrons. The summed E-state index contributed by atoms with van der Waals surface area (Å²) in [6.45, 7) is 1.34. The van der Waals surface area contributed by atoms with Gasteiger partial charge in [0.05, 0.1) is 10.5 Å². The van der Waals surface area contributed by atoms with Crippen molar-refractivity contribution < 1.29 is 8.42 Å². The normalized spacial score (nSPS) is 21.5. The molecule has 1 fully saturated rings. The van der Waals surface area contributed by atoms with Gasteiger partial charge in [0.15, 0.2) is 0 Å². The van der Waals surface area contributed by atoms with Gasteiger partial charge in [0.2, 0.25) is 10.0 Å². The van der Waals surface area contributed by atoms with Crippen molar-refractivity contribution in [1.29, 1.82) is 0 Å². The van der Waals surface area contributed by atoms with Crippen molar-refractivity contribution in [2.45, 2.75) is 23.8 Å². The summed E-state index contributed by atoms with van der Waals surface area (Å²) < 4.78 is 29.6. The molecule has 3 aromatic rings. The molecule has 0 N–H and O–H groups in total. The number of rotatable bonds is 3. The van der Waals surface area contributed by atoms with Crippen LogP contribution in [-0.4, -0.2) is 40.3 Å². The Morgan fingerprint density at radius 3 is 2.45 bits per heavy atom. The Labute approximate surface area is 168 Å². The lowest BCUT2D eigenvalue weighted by Crippen LogP contribution is -2.49. The lowest BCUT2D eigenvalue weighted by molar-refractivity contribution is 0.186. The zero-order chi connectivity index (χ0) is 20.0. The number of hydrogen-bond acceptors (Lipinski definition) is 5. The number of pyridine rings is 1. The highest BCUT2D eigenvalue weighted by Crippen LogP contribution is 2.37. The highest BCUT2D eigenvalue weighted by Gasteiger charge is 2.39. The van der Waals surface area contributed by atoms with Gasteiger partial charge in [-0.2, -0.15) is 4.31 Å². The zero-order valence-electron chi connectivity index (χ0n) is 15.7. The Balaban J connectivity index is 1.51. The Morgan fingerprint density at radius 2 is 1.69 bits per heavy atom. The maximum absolute atomic E-state index is 13.1. The maximum atomic E-state index is 13.1. The Kier molecular flexibility index (Phi) is 4.33. The van der Waals surface area contributed by atoms with Gasteiger partial charge >= 0.3 is 0 Å². The first kappa shape index (κ1) is 18.2. The van der Waals surface area contributed by atoms with Gasteiger partial charge < -0.3 is 4.57 Å². The molecule has 5 rings (SSSR count). The van der Waals surface area contributed by atoms with Crippen molar-refractivity contribution in [2.24, 2.45) is 5.92 Å². The molecular formula is C21H20N4O3S. The average Bonchev–Trinajstić information content (AvgIpc) is 2.75. The molecule has 2 aliphatic heterocycles. The Hall–Kier alpha value is -2.84. The van der Waals surface area contributed by atoms with E-state index in [4.69, 9.17) is 0 Å². The van der Waals surface area contributed by atoms with Crippen LogP contribution >= 0.6 is 0 Å². The van der Waals surface area contributed by atoms with Gasteiger partial charge in [-0.25, -0.2) is 18.4 Å². The molecule has 4 heterocycles. The van der Waals surface area contributed by atoms with Crippen LogP contribution in [0.15, 0.2) is 70.9 Å². The number of hydrogen-bond donors (Lipinski definition) is 0. The quantitative estimate of drug-likeness (QED) is 0.663. The second-order valence-corrected chi connectivity index (χ2v) is 9.59. The first-order valence-electron chi connectivity index (χ1n) is 9.58. The van der Waals surface area contributed by atoms with E-state index in [2.05, 4.69) is 9.97 Å². The molecule has 2 atom stereocenters. The van der Waals surface area contributed by atoms with Crippen molar-refractivity contribution in [3.63, 3.8) is 0 Å². The van der Waals surface area contributed by atoms with Crippen molar-refractivity contribution in [3.8, 4) is 11.1 Å². The predicted octanol–water partition coefficient (Wildman–Crippen LogP) is 2.11. The standard InChI is InChI=1S/C21H20N4O3S/c26-21-19(17-9-22-14-23-10-17)6-7-20-16-8-15(12-25(20)21)11-24(13-16)29(27,28)18-4-2-1-3-5-18/h1-7,9-10,14-16H,8,11-13H2/t15-,16-/m1/s1. The molecule has 0 spiro atoms. The van der Waals surface area contributed by atoms with Crippen LogP contribution in [0.4, 0.5) is 0 Å². The summed E-state index contributed by atoms with van der Waals surface area (Å²) in [4.78, 5) is 21.4. The molecule has 2 aliphatic rings. The molecule has 0 saturated carbocycles. The van der Waals surface area contributed by atoms with E-state index >= 15 is 0 Å². The van der Waals surface area contributed by atoms with Crippen LogP contribution in [0, 0.1) is 5.92 Å². The van der Waals surface area contributed by atoms with Crippen LogP contribution in [0.5, 0.6) is 0 Å². The Bertz CT molecular complexity index is 1210. The highest BCUT2D eigenvalue weighted by molar-refractivity contribution is 7.89. The third-order valence-corrected chi connectivity index (χ3v) is 7.67. The van der Waals surface area contributed by atoms with Gasteiger partial charge in [-0.05, 0) is 36.6 Å². The third kappa shape index (κ3) is 3.08. The van der Waals surface area contributed by atoms with E-state index in [-0.39, 0.29) is 17.4 Å². The van der Waals surface area contributed by atoms with Gasteiger partial charge in [-0.15, -0.1) is 0 Å². The molecule has 8 heteroatoms. The van der Waals surface area contributed by atoms with Crippen LogP contribution in [-0.2, 0) is 16.6 Å². The van der Waals surface area contributed by atoms with E-state index in [1.807, 2.05) is 16.7 Å². The monoisotopic (exact) mass is 408 g/mol. The molecule has 2 aromatic heterocycles. The van der Waals surface area contributed by atoms with E-state index in [9.17, 15) is 13.2 Å². The largest absolute Gasteiger partial charge is 0.311 e. The number of fused-ring (bicyclic) bond motifs is 4. The summed E-state index contributed by atoms with van der Waals surface area (Å²) >= 11 is 0. The van der Waals surface area contributed by atoms with Gasteiger partial charge in [0.1, 0.15) is 6.33 Å². The summed E-state index contributed by atoms with van der Waals surface area (Å²) in [6.07, 6.45) is 5.60. The molecule has 0 aliphatic carbocycles. The van der Waals surface area contributed by atoms with Gasteiger partial charge in [-0.1, -0.05) is 18.2 Å². The minimum atomic E-state index is -3.54. The van der Waals surface area contributed by atoms with E-state index in [0.29, 0.717) is 35.7 Å². The summed E-state index contributed by atoms with van der Waals surface area (Å²) in [7, 11) is -3.54. The van der Waals surface area contributed by atoms with E-state index in [1.165, 1.54) is 6.33 Å². The first-order chi connectivity index (χ1) is 14.0. The van der Waals surface area contributed by atoms with Crippen molar-refractivity contribution in [1.82, 2.24) is 18.8 Å². The van der Waals surface area contributed by atoms with Crippen molar-refractivity contribution >= 4 is 10.0 Å². The third-order valence-electron chi connectivity index (χ3n) is 5.82. The second kappa shape index (κ2) is 6.89. The number of aromatic nitrogens is 3. The summed E-state index contributed by atoms with van der Waals surface area (Å²) in [5, 5.41) is 0. The van der Waals surface area contributed by atoms with Gasteiger partial charge in [0.25, 0.3) is 5.56 Å². The minimum absolute atomic E-state index is 0.00904. The molecule has 0 radical (unpaired) electrons. The van der Waals surface area contributed by atoms with Crippen LogP contribution < -0.4 is 5.56 Å². The lowest BCUT2D eigenvalue weighted by Gasteiger charge is -2.42. The molecule has 2 bridgehead atoms. The van der Waals surface area contributed by atoms with Crippen LogP contribution in [0.1, 0.15) is 18.0 Å². The van der Waals surface area contributed by atoms with E-state index in [0.717, 1.165) is 12.1 Å². The summed E-state index contributed by atoms with van der Waals surface area (Å²) in [5.41, 5.74) is 2.10. The van der Waals surface area contributed by atoms with E-state index in [1.54, 1.807) is 47.0 Å². The molecule has 7 nitrogen and oxygen atoms in total. The zero-order valence-corrected chi connectivity index (χ0v) is 16.5. The topological polar surface area (TPSA) is 85.2 Å². The van der Waals surface area contributed by atoms with Crippen molar-refractivity contribution in [2.75, 3.05) is 13.1 Å². The summed E-state index contributed by atoms with van der Waals surface area (Å²) in [5.74, 6) is 0.120. The average molecular weight is 408 g/mol. The molecule has 0 amide bonds. The highest BCUT2D eigenvalue weighted by atomic mass is 32.2. The lowest BCUT2D eigenvalue weighted by atomic mass is 9.84. The van der Waals surface area contributed by atoms with Gasteiger partial charge in [-0.3, -0.25) is 4.79 Å². The summed E-state index contributed by atoms with van der Waals surface area (Å²) in [6, 6.07) is 12.3. The number of sulfonamides is 1.